The van der Waals surface area contributed by atoms with E-state index >= 15 is 0 Å². The molecule has 0 spiro atoms. The van der Waals surface area contributed by atoms with Crippen LogP contribution in [-0.4, -0.2) is 25.6 Å². The van der Waals surface area contributed by atoms with Gasteiger partial charge in [0, 0.05) is 31.4 Å². The molecule has 2 aromatic rings. The number of carbonyl (C=O) groups is 1. The quantitative estimate of drug-likeness (QED) is 0.859. The van der Waals surface area contributed by atoms with E-state index < -0.39 is 0 Å². The Morgan fingerprint density at radius 2 is 2.27 bits per heavy atom. The average molecular weight is 302 g/mol. The number of anilines is 1. The smallest absolute Gasteiger partial charge is 0.320 e. The number of nitrogens with one attached hydrogen (secondary N) is 2. The highest BCUT2D eigenvalue weighted by atomic mass is 16.2. The summed E-state index contributed by atoms with van der Waals surface area (Å²) in [6.45, 7) is 2.91. The molecule has 3 rings (SSSR count). The molecule has 0 radical (unpaired) electrons. The molecule has 2 heterocycles. The molecule has 2 aromatic heterocycles. The van der Waals surface area contributed by atoms with Crippen LogP contribution in [0.5, 0.6) is 0 Å². The third-order valence-electron chi connectivity index (χ3n) is 3.93. The zero-order chi connectivity index (χ0) is 15.5. The fraction of sp³-hybridized carbons (Fsp3) is 0.533. The van der Waals surface area contributed by atoms with E-state index in [4.69, 9.17) is 0 Å². The second-order valence-corrected chi connectivity index (χ2v) is 5.85. The molecule has 0 unspecified atom stereocenters. The largest absolute Gasteiger partial charge is 0.331 e. The Morgan fingerprint density at radius 1 is 1.45 bits per heavy atom. The minimum atomic E-state index is -0.215. The number of carbonyl (C=O) groups excluding carboxylic acids is 1. The molecular weight excluding hydrogens is 280 g/mol. The third-order valence-corrected chi connectivity index (χ3v) is 3.93. The van der Waals surface area contributed by atoms with E-state index in [1.165, 1.54) is 12.8 Å². The highest BCUT2D eigenvalue weighted by Gasteiger charge is 2.23. The Labute approximate surface area is 129 Å². The maximum absolute atomic E-state index is 12.2. The Hall–Kier alpha value is -2.31. The lowest BCUT2D eigenvalue weighted by atomic mass is 10.1. The van der Waals surface area contributed by atoms with Gasteiger partial charge >= 0.3 is 6.03 Å². The Balaban J connectivity index is 1.60. The van der Waals surface area contributed by atoms with E-state index in [1.807, 2.05) is 30.9 Å². The number of urea groups is 1. The maximum Gasteiger partial charge on any atom is 0.320 e. The van der Waals surface area contributed by atoms with E-state index in [2.05, 4.69) is 20.8 Å². The molecule has 1 saturated carbocycles. The fourth-order valence-corrected chi connectivity index (χ4v) is 2.48. The third kappa shape index (κ3) is 3.47. The van der Waals surface area contributed by atoms with Crippen molar-refractivity contribution in [1.82, 2.24) is 24.9 Å². The van der Waals surface area contributed by atoms with E-state index in [9.17, 15) is 4.79 Å². The number of hydrogen-bond acceptors (Lipinski definition) is 3. The summed E-state index contributed by atoms with van der Waals surface area (Å²) >= 11 is 0. The van der Waals surface area contributed by atoms with Gasteiger partial charge in [0.25, 0.3) is 0 Å². The molecule has 1 aliphatic carbocycles. The van der Waals surface area contributed by atoms with Gasteiger partial charge < -0.3 is 5.32 Å². The first-order valence-electron chi connectivity index (χ1n) is 7.73. The van der Waals surface area contributed by atoms with Crippen molar-refractivity contribution in [2.75, 3.05) is 5.32 Å². The first-order chi connectivity index (χ1) is 10.7. The second-order valence-electron chi connectivity index (χ2n) is 5.85. The first-order valence-corrected chi connectivity index (χ1v) is 7.73. The van der Waals surface area contributed by atoms with Gasteiger partial charge in [-0.3, -0.25) is 10.00 Å². The van der Waals surface area contributed by atoms with Gasteiger partial charge in [0.05, 0.1) is 18.4 Å². The summed E-state index contributed by atoms with van der Waals surface area (Å²) in [6.07, 6.45) is 8.74. The van der Waals surface area contributed by atoms with E-state index in [0.29, 0.717) is 5.92 Å². The van der Waals surface area contributed by atoms with E-state index in [1.54, 1.807) is 17.1 Å². The summed E-state index contributed by atoms with van der Waals surface area (Å²) in [5, 5.41) is 14.3. The molecule has 0 bridgehead atoms. The molecule has 0 saturated heterocycles. The van der Waals surface area contributed by atoms with Crippen LogP contribution >= 0.6 is 0 Å². The maximum atomic E-state index is 12.2. The van der Waals surface area contributed by atoms with E-state index in [0.717, 1.165) is 24.3 Å². The van der Waals surface area contributed by atoms with Gasteiger partial charge in [0.1, 0.15) is 5.82 Å². The van der Waals surface area contributed by atoms with Gasteiger partial charge in [-0.25, -0.2) is 9.48 Å². The van der Waals surface area contributed by atoms with Crippen molar-refractivity contribution in [1.29, 1.82) is 0 Å². The predicted octanol–water partition coefficient (Wildman–Crippen LogP) is 2.30. The van der Waals surface area contributed by atoms with Crippen LogP contribution in [0.2, 0.25) is 0 Å². The van der Waals surface area contributed by atoms with Crippen LogP contribution in [0.15, 0.2) is 24.7 Å². The van der Waals surface area contributed by atoms with Crippen molar-refractivity contribution in [3.05, 3.63) is 30.2 Å². The van der Waals surface area contributed by atoms with Gasteiger partial charge in [0.2, 0.25) is 0 Å². The van der Waals surface area contributed by atoms with E-state index in [-0.39, 0.29) is 12.1 Å². The lowest BCUT2D eigenvalue weighted by molar-refractivity contribution is 0.248. The molecule has 1 aliphatic rings. The van der Waals surface area contributed by atoms with Crippen LogP contribution in [0.4, 0.5) is 10.6 Å². The Bertz CT molecular complexity index is 642. The normalized spacial score (nSPS) is 15.5. The molecule has 1 fully saturated rings. The molecule has 2 amide bonds. The lowest BCUT2D eigenvalue weighted by Crippen LogP contribution is -2.33. The van der Waals surface area contributed by atoms with Gasteiger partial charge in [-0.15, -0.1) is 0 Å². The summed E-state index contributed by atoms with van der Waals surface area (Å²) in [5.41, 5.74) is 1.01. The molecule has 7 heteroatoms. The van der Waals surface area contributed by atoms with Crippen molar-refractivity contribution < 1.29 is 4.79 Å². The van der Waals surface area contributed by atoms with Crippen molar-refractivity contribution >= 4 is 11.8 Å². The number of aromatic nitrogens is 4. The van der Waals surface area contributed by atoms with Crippen LogP contribution in [-0.2, 0) is 13.6 Å². The van der Waals surface area contributed by atoms with Gasteiger partial charge in [-0.05, 0) is 25.2 Å². The first kappa shape index (κ1) is 14.6. The number of amides is 2. The van der Waals surface area contributed by atoms with Gasteiger partial charge in [-0.2, -0.15) is 10.2 Å². The van der Waals surface area contributed by atoms with Crippen LogP contribution in [0.1, 0.15) is 37.8 Å². The van der Waals surface area contributed by atoms with Crippen LogP contribution in [0.25, 0.3) is 0 Å². The summed E-state index contributed by atoms with van der Waals surface area (Å²) in [4.78, 5) is 12.2. The molecule has 22 heavy (non-hydrogen) atoms. The molecule has 7 nitrogen and oxygen atoms in total. The molecular formula is C15H22N6O. The van der Waals surface area contributed by atoms with Crippen LogP contribution < -0.4 is 10.6 Å². The molecule has 0 aliphatic heterocycles. The topological polar surface area (TPSA) is 76.8 Å². The summed E-state index contributed by atoms with van der Waals surface area (Å²) in [7, 11) is 1.87. The molecule has 118 valence electrons. The van der Waals surface area contributed by atoms with Gasteiger partial charge in [0.15, 0.2) is 0 Å². The molecule has 1 atom stereocenters. The minimum absolute atomic E-state index is 0.0477. The molecule has 0 aromatic carbocycles. The zero-order valence-corrected chi connectivity index (χ0v) is 13.0. The standard InChI is InChI=1S/C15H22N6O/c1-3-13(12-8-17-20(2)10-12)18-15(22)19-14-6-7-16-21(14)9-11-4-5-11/h6-8,10-11,13H,3-5,9H2,1-2H3,(H2,18,19,22)/t13-/m0/s1. The molecule has 2 N–H and O–H groups in total. The summed E-state index contributed by atoms with van der Waals surface area (Å²) in [5.74, 6) is 1.45. The van der Waals surface area contributed by atoms with Crippen LogP contribution in [0, 0.1) is 5.92 Å². The fourth-order valence-electron chi connectivity index (χ4n) is 2.48. The van der Waals surface area contributed by atoms with Gasteiger partial charge in [-0.1, -0.05) is 6.92 Å². The number of aryl methyl sites for hydroxylation is 1. The minimum Gasteiger partial charge on any atom is -0.331 e. The van der Waals surface area contributed by atoms with Crippen molar-refractivity contribution in [3.63, 3.8) is 0 Å². The number of nitrogens with zero attached hydrogens (tertiary/aromatic N) is 4. The summed E-state index contributed by atoms with van der Waals surface area (Å²) in [6, 6.07) is 1.56. The van der Waals surface area contributed by atoms with Crippen molar-refractivity contribution in [2.24, 2.45) is 13.0 Å². The Kier molecular flexibility index (Phi) is 4.13. The van der Waals surface area contributed by atoms with Crippen LogP contribution in [0.3, 0.4) is 0 Å². The average Bonchev–Trinajstić information content (AvgIpc) is 3.04. The lowest BCUT2D eigenvalue weighted by Gasteiger charge is -2.16. The highest BCUT2D eigenvalue weighted by molar-refractivity contribution is 5.88. The summed E-state index contributed by atoms with van der Waals surface area (Å²) < 4.78 is 3.60. The highest BCUT2D eigenvalue weighted by Crippen LogP contribution is 2.31. The number of hydrogen-bond donors (Lipinski definition) is 2. The SMILES string of the molecule is CC[C@H](NC(=O)Nc1ccnn1CC1CC1)c1cnn(C)c1. The van der Waals surface area contributed by atoms with Crippen molar-refractivity contribution in [3.8, 4) is 0 Å². The predicted molar refractivity (Wildman–Crippen MR) is 83.3 cm³/mol. The van der Waals surface area contributed by atoms with Crippen molar-refractivity contribution in [2.45, 2.75) is 38.8 Å². The zero-order valence-electron chi connectivity index (χ0n) is 13.0. The number of rotatable bonds is 6. The monoisotopic (exact) mass is 302 g/mol. The Morgan fingerprint density at radius 3 is 2.91 bits per heavy atom. The second kappa shape index (κ2) is 6.21.